The number of thiazole rings is 1. The molecule has 2 heterocycles. The lowest BCUT2D eigenvalue weighted by Gasteiger charge is -2.34. The molecule has 0 spiro atoms. The lowest BCUT2D eigenvalue weighted by Crippen LogP contribution is -2.44. The minimum Gasteiger partial charge on any atom is -0.373 e. The molecule has 2 unspecified atom stereocenters. The molecule has 3 rings (SSSR count). The fourth-order valence-electron chi connectivity index (χ4n) is 2.74. The molecule has 20 heavy (non-hydrogen) atoms. The molecule has 1 aromatic heterocycles. The van der Waals surface area contributed by atoms with Crippen molar-refractivity contribution in [3.63, 3.8) is 0 Å². The first-order chi connectivity index (χ1) is 9.70. The van der Waals surface area contributed by atoms with Crippen LogP contribution in [0, 0.1) is 0 Å². The highest BCUT2D eigenvalue weighted by Gasteiger charge is 2.22. The van der Waals surface area contributed by atoms with E-state index >= 15 is 0 Å². The Kier molecular flexibility index (Phi) is 4.15. The summed E-state index contributed by atoms with van der Waals surface area (Å²) >= 11 is 1.72. The number of hydrogen-bond acceptors (Lipinski definition) is 4. The molecule has 3 nitrogen and oxygen atoms in total. The third-order valence-corrected chi connectivity index (χ3v) is 4.39. The van der Waals surface area contributed by atoms with E-state index in [1.165, 1.54) is 5.56 Å². The number of nitrogens with zero attached hydrogens (tertiary/aromatic N) is 2. The van der Waals surface area contributed by atoms with Gasteiger partial charge in [-0.3, -0.25) is 4.90 Å². The minimum atomic E-state index is 0.311. The number of rotatable bonds is 3. The Morgan fingerprint density at radius 3 is 2.60 bits per heavy atom. The van der Waals surface area contributed by atoms with Crippen molar-refractivity contribution < 1.29 is 4.74 Å². The number of aromatic nitrogens is 1. The van der Waals surface area contributed by atoms with Crippen LogP contribution in [0.4, 0.5) is 0 Å². The van der Waals surface area contributed by atoms with Gasteiger partial charge >= 0.3 is 0 Å². The Balaban J connectivity index is 1.68. The van der Waals surface area contributed by atoms with Crippen molar-refractivity contribution in [3.8, 4) is 10.6 Å². The highest BCUT2D eigenvalue weighted by molar-refractivity contribution is 7.13. The number of ether oxygens (including phenoxy) is 1. The van der Waals surface area contributed by atoms with E-state index in [2.05, 4.69) is 48.4 Å². The Bertz CT molecular complexity index is 545. The third-order valence-electron chi connectivity index (χ3n) is 3.45. The molecule has 1 aromatic carbocycles. The summed E-state index contributed by atoms with van der Waals surface area (Å²) in [5, 5.41) is 3.28. The first kappa shape index (κ1) is 13.7. The van der Waals surface area contributed by atoms with Crippen molar-refractivity contribution in [3.05, 3.63) is 41.4 Å². The van der Waals surface area contributed by atoms with Gasteiger partial charge in [0.2, 0.25) is 0 Å². The molecule has 106 valence electrons. The molecule has 0 bridgehead atoms. The van der Waals surface area contributed by atoms with Gasteiger partial charge in [-0.15, -0.1) is 11.3 Å². The zero-order valence-electron chi connectivity index (χ0n) is 12.0. The van der Waals surface area contributed by atoms with Crippen molar-refractivity contribution in [2.45, 2.75) is 32.6 Å². The molecule has 1 fully saturated rings. The fourth-order valence-corrected chi connectivity index (χ4v) is 3.55. The first-order valence-corrected chi connectivity index (χ1v) is 7.96. The quantitative estimate of drug-likeness (QED) is 0.865. The molecule has 2 atom stereocenters. The van der Waals surface area contributed by atoms with Crippen molar-refractivity contribution in [1.82, 2.24) is 9.88 Å². The minimum absolute atomic E-state index is 0.311. The molecule has 1 aliphatic heterocycles. The van der Waals surface area contributed by atoms with E-state index in [0.717, 1.165) is 30.3 Å². The van der Waals surface area contributed by atoms with Gasteiger partial charge in [-0.05, 0) is 13.8 Å². The van der Waals surface area contributed by atoms with Crippen molar-refractivity contribution in [2.75, 3.05) is 13.1 Å². The van der Waals surface area contributed by atoms with E-state index in [9.17, 15) is 0 Å². The monoisotopic (exact) mass is 288 g/mol. The van der Waals surface area contributed by atoms with Gasteiger partial charge in [0.05, 0.1) is 17.9 Å². The summed E-state index contributed by atoms with van der Waals surface area (Å²) in [5.74, 6) is 0. The van der Waals surface area contributed by atoms with Crippen LogP contribution in [0.3, 0.4) is 0 Å². The van der Waals surface area contributed by atoms with Gasteiger partial charge in [-0.25, -0.2) is 4.98 Å². The normalized spacial score (nSPS) is 23.9. The van der Waals surface area contributed by atoms with Crippen LogP contribution in [0.2, 0.25) is 0 Å². The molecular weight excluding hydrogens is 268 g/mol. The van der Waals surface area contributed by atoms with Crippen LogP contribution in [0.15, 0.2) is 35.7 Å². The van der Waals surface area contributed by atoms with Crippen molar-refractivity contribution in [2.24, 2.45) is 0 Å². The molecule has 4 heteroatoms. The van der Waals surface area contributed by atoms with E-state index in [1.807, 2.05) is 6.07 Å². The average Bonchev–Trinajstić information content (AvgIpc) is 2.87. The standard InChI is InChI=1S/C16H20N2OS/c1-12-8-18(9-13(2)19-12)10-15-11-20-16(17-15)14-6-4-3-5-7-14/h3-7,11-13H,8-10H2,1-2H3. The Hall–Kier alpha value is -1.23. The molecule has 2 aromatic rings. The zero-order chi connectivity index (χ0) is 13.9. The topological polar surface area (TPSA) is 25.4 Å². The summed E-state index contributed by atoms with van der Waals surface area (Å²) in [4.78, 5) is 7.19. The summed E-state index contributed by atoms with van der Waals surface area (Å²) in [6.45, 7) is 7.17. The van der Waals surface area contributed by atoms with E-state index in [-0.39, 0.29) is 0 Å². The summed E-state index contributed by atoms with van der Waals surface area (Å²) in [6.07, 6.45) is 0.622. The predicted molar refractivity (Wildman–Crippen MR) is 82.8 cm³/mol. The maximum Gasteiger partial charge on any atom is 0.123 e. The Labute approximate surface area is 124 Å². The van der Waals surface area contributed by atoms with Crippen LogP contribution in [0.1, 0.15) is 19.5 Å². The smallest absolute Gasteiger partial charge is 0.123 e. The summed E-state index contributed by atoms with van der Waals surface area (Å²) in [7, 11) is 0. The van der Waals surface area contributed by atoms with Crippen LogP contribution >= 0.6 is 11.3 Å². The summed E-state index contributed by atoms with van der Waals surface area (Å²) in [6, 6.07) is 10.4. The lowest BCUT2D eigenvalue weighted by atomic mass is 10.2. The molecule has 0 radical (unpaired) electrons. The molecule has 0 N–H and O–H groups in total. The predicted octanol–water partition coefficient (Wildman–Crippen LogP) is 3.42. The van der Waals surface area contributed by atoms with E-state index in [4.69, 9.17) is 9.72 Å². The molecule has 0 aliphatic carbocycles. The second-order valence-electron chi connectivity index (χ2n) is 5.46. The summed E-state index contributed by atoms with van der Waals surface area (Å²) < 4.78 is 5.77. The van der Waals surface area contributed by atoms with Crippen LogP contribution in [-0.4, -0.2) is 35.2 Å². The second kappa shape index (κ2) is 6.04. The van der Waals surface area contributed by atoms with Gasteiger partial charge in [0.1, 0.15) is 5.01 Å². The highest BCUT2D eigenvalue weighted by Crippen LogP contribution is 2.24. The molecule has 0 saturated carbocycles. The molecule has 1 aliphatic rings. The fraction of sp³-hybridized carbons (Fsp3) is 0.438. The van der Waals surface area contributed by atoms with Gasteiger partial charge in [0, 0.05) is 30.6 Å². The molecule has 1 saturated heterocycles. The largest absolute Gasteiger partial charge is 0.373 e. The molecular formula is C16H20N2OS. The van der Waals surface area contributed by atoms with Gasteiger partial charge < -0.3 is 4.74 Å². The lowest BCUT2D eigenvalue weighted by molar-refractivity contribution is -0.0707. The Morgan fingerprint density at radius 2 is 1.90 bits per heavy atom. The van der Waals surface area contributed by atoms with E-state index in [1.54, 1.807) is 11.3 Å². The maximum atomic E-state index is 5.77. The second-order valence-corrected chi connectivity index (χ2v) is 6.32. The van der Waals surface area contributed by atoms with E-state index < -0.39 is 0 Å². The maximum absolute atomic E-state index is 5.77. The zero-order valence-corrected chi connectivity index (χ0v) is 12.8. The first-order valence-electron chi connectivity index (χ1n) is 7.08. The number of morpholine rings is 1. The van der Waals surface area contributed by atoms with Gasteiger partial charge in [-0.2, -0.15) is 0 Å². The SMILES string of the molecule is CC1CN(Cc2csc(-c3ccccc3)n2)CC(C)O1. The number of hydrogen-bond donors (Lipinski definition) is 0. The van der Waals surface area contributed by atoms with Crippen LogP contribution in [-0.2, 0) is 11.3 Å². The average molecular weight is 288 g/mol. The van der Waals surface area contributed by atoms with Crippen molar-refractivity contribution in [1.29, 1.82) is 0 Å². The van der Waals surface area contributed by atoms with Crippen LogP contribution in [0.25, 0.3) is 10.6 Å². The Morgan fingerprint density at radius 1 is 1.20 bits per heavy atom. The number of benzene rings is 1. The molecule has 0 amide bonds. The third kappa shape index (κ3) is 3.26. The van der Waals surface area contributed by atoms with Gasteiger partial charge in [-0.1, -0.05) is 30.3 Å². The van der Waals surface area contributed by atoms with Crippen molar-refractivity contribution >= 4 is 11.3 Å². The van der Waals surface area contributed by atoms with Gasteiger partial charge in [0.15, 0.2) is 0 Å². The van der Waals surface area contributed by atoms with Crippen LogP contribution in [0.5, 0.6) is 0 Å². The van der Waals surface area contributed by atoms with E-state index in [0.29, 0.717) is 12.2 Å². The highest BCUT2D eigenvalue weighted by atomic mass is 32.1. The summed E-state index contributed by atoms with van der Waals surface area (Å²) in [5.41, 5.74) is 2.36. The van der Waals surface area contributed by atoms with Crippen LogP contribution < -0.4 is 0 Å². The van der Waals surface area contributed by atoms with Gasteiger partial charge in [0.25, 0.3) is 0 Å².